The summed E-state index contributed by atoms with van der Waals surface area (Å²) in [7, 11) is -1.57. The maximum atomic E-state index is 11.4. The van der Waals surface area contributed by atoms with Gasteiger partial charge < -0.3 is 10.0 Å². The van der Waals surface area contributed by atoms with Crippen LogP contribution in [0.2, 0.25) is 0 Å². The lowest BCUT2D eigenvalue weighted by Crippen LogP contribution is -2.36. The van der Waals surface area contributed by atoms with E-state index >= 15 is 0 Å². The van der Waals surface area contributed by atoms with Crippen molar-refractivity contribution in [3.05, 3.63) is 12.2 Å². The van der Waals surface area contributed by atoms with Crippen LogP contribution in [-0.2, 0) is 19.4 Å². The molecule has 1 aliphatic rings. The molecule has 1 aliphatic heterocycles. The summed E-state index contributed by atoms with van der Waals surface area (Å²) in [6.07, 6.45) is 2.07. The summed E-state index contributed by atoms with van der Waals surface area (Å²) in [5.74, 6) is -1.67. The first-order chi connectivity index (χ1) is 7.32. The van der Waals surface area contributed by atoms with Crippen molar-refractivity contribution in [3.8, 4) is 0 Å². The highest BCUT2D eigenvalue weighted by Gasteiger charge is 2.31. The number of carbonyl (C=O) groups excluding carboxylic acids is 1. The van der Waals surface area contributed by atoms with Crippen molar-refractivity contribution in [2.45, 2.75) is 12.5 Å². The minimum absolute atomic E-state index is 0.0455. The summed E-state index contributed by atoms with van der Waals surface area (Å²) in [4.78, 5) is 22.9. The Kier molecular flexibility index (Phi) is 3.69. The van der Waals surface area contributed by atoms with Gasteiger partial charge in [0.05, 0.1) is 11.5 Å². The number of aliphatic carboxylic acids is 1. The predicted molar refractivity (Wildman–Crippen MR) is 56.6 cm³/mol. The summed E-state index contributed by atoms with van der Waals surface area (Å²) >= 11 is 0. The lowest BCUT2D eigenvalue weighted by Gasteiger charge is -2.21. The Hall–Kier alpha value is -1.37. The first kappa shape index (κ1) is 12.7. The molecule has 0 aromatic rings. The average molecular weight is 247 g/mol. The molecule has 90 valence electrons. The fraction of sp³-hybridized carbons (Fsp3) is 0.556. The van der Waals surface area contributed by atoms with E-state index in [-0.39, 0.29) is 17.5 Å². The number of carbonyl (C=O) groups is 2. The Labute approximate surface area is 93.5 Å². The van der Waals surface area contributed by atoms with E-state index < -0.39 is 21.7 Å². The smallest absolute Gasteiger partial charge is 0.328 e. The molecule has 1 saturated heterocycles. The molecular weight excluding hydrogens is 234 g/mol. The number of amides is 1. The summed E-state index contributed by atoms with van der Waals surface area (Å²) < 4.78 is 22.4. The molecule has 1 atom stereocenters. The fourth-order valence-corrected chi connectivity index (χ4v) is 3.30. The molecule has 1 amide bonds. The van der Waals surface area contributed by atoms with Crippen LogP contribution in [0.4, 0.5) is 0 Å². The zero-order valence-electron chi connectivity index (χ0n) is 8.79. The van der Waals surface area contributed by atoms with Gasteiger partial charge in [0.15, 0.2) is 9.84 Å². The van der Waals surface area contributed by atoms with Gasteiger partial charge in [-0.3, -0.25) is 4.79 Å². The van der Waals surface area contributed by atoms with E-state index in [1.807, 2.05) is 0 Å². The third-order valence-electron chi connectivity index (χ3n) is 2.47. The molecule has 0 aliphatic carbocycles. The van der Waals surface area contributed by atoms with Crippen LogP contribution in [0.5, 0.6) is 0 Å². The standard InChI is InChI=1S/C9H13NO5S/c1-10(8(11)2-3-9(12)13)7-4-5-16(14,15)6-7/h2-3,7H,4-6H2,1H3,(H,12,13)/b3-2+/t7-/m1/s1. The maximum absolute atomic E-state index is 11.4. The zero-order chi connectivity index (χ0) is 12.3. The van der Waals surface area contributed by atoms with Gasteiger partial charge in [0, 0.05) is 25.2 Å². The Morgan fingerprint density at radius 2 is 2.00 bits per heavy atom. The van der Waals surface area contributed by atoms with Crippen LogP contribution in [0.3, 0.4) is 0 Å². The van der Waals surface area contributed by atoms with Crippen LogP contribution in [0, 0.1) is 0 Å². The Balaban J connectivity index is 2.62. The molecule has 0 bridgehead atoms. The quantitative estimate of drug-likeness (QED) is 0.664. The maximum Gasteiger partial charge on any atom is 0.328 e. The highest BCUT2D eigenvalue weighted by Crippen LogP contribution is 2.16. The molecule has 0 radical (unpaired) electrons. The Morgan fingerprint density at radius 1 is 1.38 bits per heavy atom. The highest BCUT2D eigenvalue weighted by atomic mass is 32.2. The van der Waals surface area contributed by atoms with Crippen LogP contribution >= 0.6 is 0 Å². The second kappa shape index (κ2) is 4.65. The van der Waals surface area contributed by atoms with E-state index in [0.717, 1.165) is 12.2 Å². The van der Waals surface area contributed by atoms with Crippen LogP contribution in [-0.4, -0.2) is 54.9 Å². The van der Waals surface area contributed by atoms with E-state index in [0.29, 0.717) is 6.42 Å². The van der Waals surface area contributed by atoms with Crippen molar-refractivity contribution in [1.29, 1.82) is 0 Å². The van der Waals surface area contributed by atoms with Crippen molar-refractivity contribution in [1.82, 2.24) is 4.90 Å². The van der Waals surface area contributed by atoms with Crippen molar-refractivity contribution >= 4 is 21.7 Å². The average Bonchev–Trinajstić information content (AvgIpc) is 2.54. The first-order valence-electron chi connectivity index (χ1n) is 4.70. The summed E-state index contributed by atoms with van der Waals surface area (Å²) in [6.45, 7) is 0. The molecule has 0 aromatic carbocycles. The first-order valence-corrected chi connectivity index (χ1v) is 6.52. The molecule has 1 rings (SSSR count). The number of hydrogen-bond donors (Lipinski definition) is 1. The van der Waals surface area contributed by atoms with Gasteiger partial charge in [0.1, 0.15) is 0 Å². The topological polar surface area (TPSA) is 91.8 Å². The Bertz CT molecular complexity index is 425. The monoisotopic (exact) mass is 247 g/mol. The van der Waals surface area contributed by atoms with E-state index in [2.05, 4.69) is 0 Å². The SMILES string of the molecule is CN(C(=O)/C=C/C(=O)O)[C@@H]1CCS(=O)(=O)C1. The summed E-state index contributed by atoms with van der Waals surface area (Å²) in [5.41, 5.74) is 0. The van der Waals surface area contributed by atoms with Crippen LogP contribution in [0.15, 0.2) is 12.2 Å². The molecule has 0 saturated carbocycles. The van der Waals surface area contributed by atoms with Crippen LogP contribution in [0.25, 0.3) is 0 Å². The van der Waals surface area contributed by atoms with E-state index in [1.165, 1.54) is 11.9 Å². The third-order valence-corrected chi connectivity index (χ3v) is 4.22. The number of nitrogens with zero attached hydrogens (tertiary/aromatic N) is 1. The molecule has 16 heavy (non-hydrogen) atoms. The lowest BCUT2D eigenvalue weighted by molar-refractivity contribution is -0.132. The second-order valence-electron chi connectivity index (χ2n) is 3.68. The molecule has 0 unspecified atom stereocenters. The molecule has 1 N–H and O–H groups in total. The molecule has 0 aromatic heterocycles. The van der Waals surface area contributed by atoms with Crippen molar-refractivity contribution in [3.63, 3.8) is 0 Å². The summed E-state index contributed by atoms with van der Waals surface area (Å²) in [5, 5.41) is 8.34. The van der Waals surface area contributed by atoms with Gasteiger partial charge in [-0.15, -0.1) is 0 Å². The fourth-order valence-electron chi connectivity index (χ4n) is 1.52. The molecule has 1 heterocycles. The minimum Gasteiger partial charge on any atom is -0.478 e. The van der Waals surface area contributed by atoms with Gasteiger partial charge in [-0.05, 0) is 6.42 Å². The number of likely N-dealkylation sites (N-methyl/N-ethyl adjacent to an activating group) is 1. The van der Waals surface area contributed by atoms with E-state index in [4.69, 9.17) is 5.11 Å². The van der Waals surface area contributed by atoms with E-state index in [9.17, 15) is 18.0 Å². The normalized spacial score (nSPS) is 23.4. The lowest BCUT2D eigenvalue weighted by atomic mass is 10.2. The summed E-state index contributed by atoms with van der Waals surface area (Å²) in [6, 6.07) is -0.351. The molecule has 7 heteroatoms. The number of hydrogen-bond acceptors (Lipinski definition) is 4. The second-order valence-corrected chi connectivity index (χ2v) is 5.91. The van der Waals surface area contributed by atoms with Gasteiger partial charge in [-0.2, -0.15) is 0 Å². The number of sulfone groups is 1. The largest absolute Gasteiger partial charge is 0.478 e. The molecular formula is C9H13NO5S. The van der Waals surface area contributed by atoms with Gasteiger partial charge in [0.25, 0.3) is 0 Å². The zero-order valence-corrected chi connectivity index (χ0v) is 9.61. The van der Waals surface area contributed by atoms with Gasteiger partial charge in [-0.1, -0.05) is 0 Å². The predicted octanol–water partition coefficient (Wildman–Crippen LogP) is -0.727. The third kappa shape index (κ3) is 3.34. The molecule has 1 fully saturated rings. The highest BCUT2D eigenvalue weighted by molar-refractivity contribution is 7.91. The van der Waals surface area contributed by atoms with Crippen molar-refractivity contribution in [2.75, 3.05) is 18.6 Å². The van der Waals surface area contributed by atoms with Gasteiger partial charge in [0.2, 0.25) is 5.91 Å². The number of carboxylic acids is 1. The molecule has 6 nitrogen and oxygen atoms in total. The minimum atomic E-state index is -3.04. The van der Waals surface area contributed by atoms with Crippen LogP contribution < -0.4 is 0 Å². The van der Waals surface area contributed by atoms with Crippen molar-refractivity contribution in [2.24, 2.45) is 0 Å². The van der Waals surface area contributed by atoms with Crippen molar-refractivity contribution < 1.29 is 23.1 Å². The number of carboxylic acid groups (broad SMARTS) is 1. The van der Waals surface area contributed by atoms with Gasteiger partial charge in [-0.25, -0.2) is 13.2 Å². The Morgan fingerprint density at radius 3 is 2.44 bits per heavy atom. The number of rotatable bonds is 3. The van der Waals surface area contributed by atoms with E-state index in [1.54, 1.807) is 0 Å². The van der Waals surface area contributed by atoms with Gasteiger partial charge >= 0.3 is 5.97 Å². The van der Waals surface area contributed by atoms with Crippen LogP contribution in [0.1, 0.15) is 6.42 Å². The molecule has 0 spiro atoms.